The van der Waals surface area contributed by atoms with Crippen molar-refractivity contribution < 1.29 is 9.59 Å². The summed E-state index contributed by atoms with van der Waals surface area (Å²) in [5.74, 6) is -0.240. The molecule has 1 amide bonds. The molecule has 0 heterocycles. The number of hydrogen-bond acceptors (Lipinski definition) is 2. The molecule has 0 aliphatic heterocycles. The van der Waals surface area contributed by atoms with E-state index in [0.29, 0.717) is 28.2 Å². The molecular weight excluding hydrogens is 330 g/mol. The summed E-state index contributed by atoms with van der Waals surface area (Å²) in [5, 5.41) is 2.89. The van der Waals surface area contributed by atoms with Crippen LogP contribution in [0.1, 0.15) is 15.9 Å². The molecule has 0 spiro atoms. The summed E-state index contributed by atoms with van der Waals surface area (Å²) in [5.41, 5.74) is 1.23. The molecule has 2 aromatic rings. The van der Waals surface area contributed by atoms with Crippen molar-refractivity contribution in [3.63, 3.8) is 0 Å². The van der Waals surface area contributed by atoms with Crippen molar-refractivity contribution in [1.29, 1.82) is 0 Å². The maximum Gasteiger partial charge on any atom is 0.211 e. The molecule has 0 saturated heterocycles. The lowest BCUT2D eigenvalue weighted by atomic mass is 10.0. The molecular formula is C14H9BrClNO2. The molecule has 1 N–H and O–H groups in total. The largest absolute Gasteiger partial charge is 0.328 e. The van der Waals surface area contributed by atoms with E-state index in [9.17, 15) is 9.59 Å². The van der Waals surface area contributed by atoms with Crippen LogP contribution in [0.5, 0.6) is 0 Å². The number of carbonyl (C=O) groups excluding carboxylic acids is 2. The van der Waals surface area contributed by atoms with Crippen molar-refractivity contribution in [1.82, 2.24) is 0 Å². The molecule has 0 aliphatic carbocycles. The van der Waals surface area contributed by atoms with E-state index in [-0.39, 0.29) is 5.78 Å². The standard InChI is InChI=1S/C14H9BrClNO2/c15-9-5-6-13(17-8-18)11(7-9)14(19)10-3-1-2-4-12(10)16/h1-8H,(H,17,18). The molecule has 0 radical (unpaired) electrons. The van der Waals surface area contributed by atoms with Gasteiger partial charge in [0, 0.05) is 15.6 Å². The lowest BCUT2D eigenvalue weighted by Gasteiger charge is -2.09. The van der Waals surface area contributed by atoms with E-state index in [2.05, 4.69) is 21.2 Å². The summed E-state index contributed by atoms with van der Waals surface area (Å²) in [7, 11) is 0. The van der Waals surface area contributed by atoms with Crippen LogP contribution in [0.25, 0.3) is 0 Å². The SMILES string of the molecule is O=CNc1ccc(Br)cc1C(=O)c1ccccc1Cl. The number of carbonyl (C=O) groups is 2. The van der Waals surface area contributed by atoms with E-state index < -0.39 is 0 Å². The molecule has 0 saturated carbocycles. The maximum absolute atomic E-state index is 12.5. The Morgan fingerprint density at radius 3 is 2.58 bits per heavy atom. The van der Waals surface area contributed by atoms with E-state index in [1.54, 1.807) is 42.5 Å². The average Bonchev–Trinajstić information content (AvgIpc) is 2.41. The molecule has 0 unspecified atom stereocenters. The topological polar surface area (TPSA) is 46.2 Å². The van der Waals surface area contributed by atoms with Crippen LogP contribution in [0.2, 0.25) is 5.02 Å². The Kier molecular flexibility index (Phi) is 4.35. The Morgan fingerprint density at radius 1 is 1.16 bits per heavy atom. The van der Waals surface area contributed by atoms with Gasteiger partial charge >= 0.3 is 0 Å². The number of halogens is 2. The van der Waals surface area contributed by atoms with Crippen molar-refractivity contribution in [2.24, 2.45) is 0 Å². The van der Waals surface area contributed by atoms with Gasteiger partial charge in [-0.1, -0.05) is 39.7 Å². The molecule has 5 heteroatoms. The highest BCUT2D eigenvalue weighted by Gasteiger charge is 2.16. The van der Waals surface area contributed by atoms with Gasteiger partial charge in [-0.3, -0.25) is 9.59 Å². The minimum absolute atomic E-state index is 0.240. The summed E-state index contributed by atoms with van der Waals surface area (Å²) in [6, 6.07) is 11.8. The number of amides is 1. The summed E-state index contributed by atoms with van der Waals surface area (Å²) >= 11 is 9.32. The zero-order valence-corrected chi connectivity index (χ0v) is 12.0. The Morgan fingerprint density at radius 2 is 1.89 bits per heavy atom. The third-order valence-corrected chi connectivity index (χ3v) is 3.38. The van der Waals surface area contributed by atoms with E-state index in [0.717, 1.165) is 4.47 Å². The zero-order chi connectivity index (χ0) is 13.8. The molecule has 0 bridgehead atoms. The number of anilines is 1. The first-order valence-corrected chi connectivity index (χ1v) is 6.59. The van der Waals surface area contributed by atoms with Crippen LogP contribution in [-0.2, 0) is 4.79 Å². The van der Waals surface area contributed by atoms with Gasteiger partial charge in [0.05, 0.1) is 10.7 Å². The number of nitrogens with one attached hydrogen (secondary N) is 1. The van der Waals surface area contributed by atoms with E-state index in [4.69, 9.17) is 11.6 Å². The van der Waals surface area contributed by atoms with Gasteiger partial charge < -0.3 is 5.32 Å². The highest BCUT2D eigenvalue weighted by molar-refractivity contribution is 9.10. The van der Waals surface area contributed by atoms with Gasteiger partial charge in [0.2, 0.25) is 6.41 Å². The molecule has 0 aliphatic rings. The second kappa shape index (κ2) is 5.99. The maximum atomic E-state index is 12.5. The molecule has 96 valence electrons. The van der Waals surface area contributed by atoms with Gasteiger partial charge in [0.25, 0.3) is 0 Å². The average molecular weight is 339 g/mol. The second-order valence-electron chi connectivity index (χ2n) is 3.76. The number of rotatable bonds is 4. The minimum atomic E-state index is -0.240. The van der Waals surface area contributed by atoms with Crippen molar-refractivity contribution in [3.8, 4) is 0 Å². The van der Waals surface area contributed by atoms with Crippen LogP contribution in [0.3, 0.4) is 0 Å². The molecule has 2 aromatic carbocycles. The summed E-state index contributed by atoms with van der Waals surface area (Å²) in [6.45, 7) is 0. The van der Waals surface area contributed by atoms with Crippen LogP contribution >= 0.6 is 27.5 Å². The molecule has 0 atom stereocenters. The summed E-state index contributed by atoms with van der Waals surface area (Å²) in [6.07, 6.45) is 0.534. The highest BCUT2D eigenvalue weighted by Crippen LogP contribution is 2.26. The smallest absolute Gasteiger partial charge is 0.211 e. The zero-order valence-electron chi connectivity index (χ0n) is 9.69. The van der Waals surface area contributed by atoms with E-state index >= 15 is 0 Å². The monoisotopic (exact) mass is 337 g/mol. The predicted molar refractivity (Wildman–Crippen MR) is 78.7 cm³/mol. The Balaban J connectivity index is 2.52. The summed E-state index contributed by atoms with van der Waals surface area (Å²) in [4.78, 5) is 23.0. The Hall–Kier alpha value is -1.65. The summed E-state index contributed by atoms with van der Waals surface area (Å²) < 4.78 is 0.749. The molecule has 19 heavy (non-hydrogen) atoms. The first kappa shape index (κ1) is 13.8. The van der Waals surface area contributed by atoms with Gasteiger partial charge in [-0.2, -0.15) is 0 Å². The van der Waals surface area contributed by atoms with Crippen molar-refractivity contribution >= 4 is 45.4 Å². The fourth-order valence-corrected chi connectivity index (χ4v) is 2.27. The van der Waals surface area contributed by atoms with Gasteiger partial charge in [-0.05, 0) is 30.3 Å². The molecule has 3 nitrogen and oxygen atoms in total. The van der Waals surface area contributed by atoms with Crippen LogP contribution in [-0.4, -0.2) is 12.2 Å². The van der Waals surface area contributed by atoms with Crippen molar-refractivity contribution in [2.45, 2.75) is 0 Å². The number of benzene rings is 2. The third-order valence-electron chi connectivity index (χ3n) is 2.56. The van der Waals surface area contributed by atoms with Gasteiger partial charge in [-0.25, -0.2) is 0 Å². The fraction of sp³-hybridized carbons (Fsp3) is 0. The number of hydrogen-bond donors (Lipinski definition) is 1. The Bertz CT molecular complexity index is 643. The number of ketones is 1. The van der Waals surface area contributed by atoms with Crippen LogP contribution < -0.4 is 5.32 Å². The normalized spacial score (nSPS) is 10.0. The third kappa shape index (κ3) is 3.03. The lowest BCUT2D eigenvalue weighted by Crippen LogP contribution is -2.07. The first-order chi connectivity index (χ1) is 9.13. The van der Waals surface area contributed by atoms with Gasteiger partial charge in [0.1, 0.15) is 0 Å². The van der Waals surface area contributed by atoms with Crippen LogP contribution in [0, 0.1) is 0 Å². The Labute approximate surface area is 123 Å². The molecule has 2 rings (SSSR count). The molecule has 0 fully saturated rings. The van der Waals surface area contributed by atoms with E-state index in [1.165, 1.54) is 0 Å². The lowest BCUT2D eigenvalue weighted by molar-refractivity contribution is -0.105. The van der Waals surface area contributed by atoms with Crippen molar-refractivity contribution in [3.05, 3.63) is 63.1 Å². The van der Waals surface area contributed by atoms with Gasteiger partial charge in [-0.15, -0.1) is 0 Å². The first-order valence-electron chi connectivity index (χ1n) is 5.42. The highest BCUT2D eigenvalue weighted by atomic mass is 79.9. The predicted octanol–water partition coefficient (Wildman–Crippen LogP) is 3.90. The van der Waals surface area contributed by atoms with Crippen LogP contribution in [0.15, 0.2) is 46.9 Å². The molecule has 0 aromatic heterocycles. The fourth-order valence-electron chi connectivity index (χ4n) is 1.68. The quantitative estimate of drug-likeness (QED) is 0.679. The van der Waals surface area contributed by atoms with Crippen molar-refractivity contribution in [2.75, 3.05) is 5.32 Å². The minimum Gasteiger partial charge on any atom is -0.328 e. The van der Waals surface area contributed by atoms with E-state index in [1.807, 2.05) is 0 Å². The van der Waals surface area contributed by atoms with Crippen LogP contribution in [0.4, 0.5) is 5.69 Å². The second-order valence-corrected chi connectivity index (χ2v) is 5.08. The van der Waals surface area contributed by atoms with Gasteiger partial charge in [0.15, 0.2) is 5.78 Å².